The Morgan fingerprint density at radius 1 is 0.906 bits per heavy atom. The zero-order valence-corrected chi connectivity index (χ0v) is 21.9. The van der Waals surface area contributed by atoms with Gasteiger partial charge in [-0.05, 0) is 109 Å². The maximum absolute atomic E-state index is 12.8. The van der Waals surface area contributed by atoms with Crippen molar-refractivity contribution in [1.82, 2.24) is 0 Å². The highest BCUT2D eigenvalue weighted by atomic mass is 16.4. The van der Waals surface area contributed by atoms with E-state index in [1.54, 1.807) is 5.57 Å². The zero-order chi connectivity index (χ0) is 23.3. The fourth-order valence-electron chi connectivity index (χ4n) is 11.0. The minimum Gasteiger partial charge on any atom is -0.481 e. The van der Waals surface area contributed by atoms with Crippen LogP contribution in [0.5, 0.6) is 0 Å². The van der Waals surface area contributed by atoms with Gasteiger partial charge in [0.2, 0.25) is 0 Å². The fourth-order valence-corrected chi connectivity index (χ4v) is 11.0. The van der Waals surface area contributed by atoms with Crippen LogP contribution in [0.1, 0.15) is 113 Å². The summed E-state index contributed by atoms with van der Waals surface area (Å²) >= 11 is 0. The lowest BCUT2D eigenvalue weighted by molar-refractivity contribution is -0.189. The van der Waals surface area contributed by atoms with Gasteiger partial charge in [0.1, 0.15) is 0 Å². The second kappa shape index (κ2) is 6.88. The van der Waals surface area contributed by atoms with Crippen LogP contribution in [-0.4, -0.2) is 11.1 Å². The van der Waals surface area contributed by atoms with Crippen LogP contribution in [0.3, 0.4) is 0 Å². The Labute approximate surface area is 197 Å². The molecule has 2 nitrogen and oxygen atoms in total. The molecule has 5 aliphatic rings. The molecule has 0 aromatic heterocycles. The minimum absolute atomic E-state index is 0.153. The number of carboxylic acids is 1. The molecule has 5 aliphatic carbocycles. The second-order valence-corrected chi connectivity index (χ2v) is 14.5. The molecule has 0 aromatic rings. The third-order valence-corrected chi connectivity index (χ3v) is 13.2. The average Bonchev–Trinajstić information content (AvgIpc) is 2.70. The van der Waals surface area contributed by atoms with Crippen molar-refractivity contribution in [2.75, 3.05) is 0 Å². The Balaban J connectivity index is 1.62. The van der Waals surface area contributed by atoms with Gasteiger partial charge >= 0.3 is 5.97 Å². The summed E-state index contributed by atoms with van der Waals surface area (Å²) in [5.41, 5.74) is 2.38. The number of rotatable bonds is 1. The molecular formula is C30H48O2. The van der Waals surface area contributed by atoms with Crippen molar-refractivity contribution < 1.29 is 9.90 Å². The van der Waals surface area contributed by atoms with Crippen LogP contribution in [0.4, 0.5) is 0 Å². The van der Waals surface area contributed by atoms with Gasteiger partial charge in [0.15, 0.2) is 0 Å². The van der Waals surface area contributed by atoms with E-state index in [1.807, 2.05) is 0 Å². The lowest BCUT2D eigenvalue weighted by Gasteiger charge is -2.71. The summed E-state index contributed by atoms with van der Waals surface area (Å²) in [6.07, 6.45) is 14.5. The quantitative estimate of drug-likeness (QED) is 0.418. The Morgan fingerprint density at radius 2 is 1.62 bits per heavy atom. The van der Waals surface area contributed by atoms with E-state index in [9.17, 15) is 9.90 Å². The van der Waals surface area contributed by atoms with Gasteiger partial charge in [0.25, 0.3) is 0 Å². The lowest BCUT2D eigenvalue weighted by atomic mass is 9.33. The smallest absolute Gasteiger partial charge is 0.310 e. The van der Waals surface area contributed by atoms with Gasteiger partial charge in [0.05, 0.1) is 5.41 Å². The molecule has 0 radical (unpaired) electrons. The molecule has 2 heteroatoms. The first-order valence-electron chi connectivity index (χ1n) is 13.8. The van der Waals surface area contributed by atoms with Gasteiger partial charge in [-0.25, -0.2) is 0 Å². The normalized spacial score (nSPS) is 54.3. The van der Waals surface area contributed by atoms with Crippen molar-refractivity contribution in [3.8, 4) is 0 Å². The zero-order valence-electron chi connectivity index (χ0n) is 21.9. The van der Waals surface area contributed by atoms with Gasteiger partial charge in [-0.15, -0.1) is 0 Å². The topological polar surface area (TPSA) is 37.3 Å². The third-order valence-electron chi connectivity index (χ3n) is 13.2. The van der Waals surface area contributed by atoms with Crippen LogP contribution in [0.15, 0.2) is 11.6 Å². The molecule has 5 unspecified atom stereocenters. The standard InChI is InChI=1S/C30H48O2/c1-19-11-16-30(25(31)32)18-17-28(6)21(24(30)20(19)2)9-10-23-27(5)14-8-13-26(3,4)22(27)12-15-29(23,28)7/h9,19-20,22-24H,8,10-18H2,1-7H3,(H,31,32)/t19-,20+,22?,23?,24?,27+,28-,29?,30?/m1/s1. The molecule has 0 amide bonds. The number of allylic oxidation sites excluding steroid dienone is 2. The van der Waals surface area contributed by atoms with Crippen molar-refractivity contribution in [2.45, 2.75) is 113 Å². The molecule has 0 heterocycles. The number of aliphatic carboxylic acids is 1. The Kier molecular flexibility index (Phi) is 4.94. The highest BCUT2D eigenvalue weighted by Gasteiger charge is 2.68. The van der Waals surface area contributed by atoms with Crippen LogP contribution in [0, 0.1) is 56.7 Å². The molecule has 0 bridgehead atoms. The van der Waals surface area contributed by atoms with Crippen molar-refractivity contribution >= 4 is 5.97 Å². The summed E-state index contributed by atoms with van der Waals surface area (Å²) in [5.74, 6) is 2.36. The van der Waals surface area contributed by atoms with Crippen molar-refractivity contribution in [3.63, 3.8) is 0 Å². The molecule has 4 fully saturated rings. The summed E-state index contributed by atoms with van der Waals surface area (Å²) in [6.45, 7) is 17.7. The largest absolute Gasteiger partial charge is 0.481 e. The Morgan fingerprint density at radius 3 is 2.31 bits per heavy atom. The molecule has 32 heavy (non-hydrogen) atoms. The molecule has 180 valence electrons. The summed E-state index contributed by atoms with van der Waals surface area (Å²) < 4.78 is 0. The van der Waals surface area contributed by atoms with E-state index >= 15 is 0 Å². The summed E-state index contributed by atoms with van der Waals surface area (Å²) in [5, 5.41) is 10.5. The number of hydrogen-bond donors (Lipinski definition) is 1. The predicted octanol–water partition coefficient (Wildman–Crippen LogP) is 8.12. The van der Waals surface area contributed by atoms with Crippen LogP contribution >= 0.6 is 0 Å². The summed E-state index contributed by atoms with van der Waals surface area (Å²) in [6, 6.07) is 0. The molecular weight excluding hydrogens is 392 g/mol. The maximum Gasteiger partial charge on any atom is 0.310 e. The molecule has 4 saturated carbocycles. The van der Waals surface area contributed by atoms with E-state index in [1.165, 1.54) is 38.5 Å². The van der Waals surface area contributed by atoms with Crippen molar-refractivity contribution in [1.29, 1.82) is 0 Å². The molecule has 5 rings (SSSR count). The summed E-state index contributed by atoms with van der Waals surface area (Å²) in [7, 11) is 0. The number of hydrogen-bond acceptors (Lipinski definition) is 1. The molecule has 0 saturated heterocycles. The van der Waals surface area contributed by atoms with E-state index in [0.29, 0.717) is 28.1 Å². The van der Waals surface area contributed by atoms with Crippen LogP contribution in [-0.2, 0) is 4.79 Å². The van der Waals surface area contributed by atoms with E-state index in [-0.39, 0.29) is 11.3 Å². The van der Waals surface area contributed by atoms with Gasteiger partial charge in [-0.1, -0.05) is 66.5 Å². The maximum atomic E-state index is 12.8. The van der Waals surface area contributed by atoms with Gasteiger partial charge in [-0.2, -0.15) is 0 Å². The van der Waals surface area contributed by atoms with Gasteiger partial charge in [0, 0.05) is 0 Å². The molecule has 0 spiro atoms. The number of carbonyl (C=O) groups is 1. The van der Waals surface area contributed by atoms with E-state index in [0.717, 1.165) is 37.5 Å². The van der Waals surface area contributed by atoms with Crippen LogP contribution in [0.25, 0.3) is 0 Å². The molecule has 0 aliphatic heterocycles. The molecule has 9 atom stereocenters. The van der Waals surface area contributed by atoms with E-state index < -0.39 is 11.4 Å². The highest BCUT2D eigenvalue weighted by molar-refractivity contribution is 5.76. The van der Waals surface area contributed by atoms with Crippen LogP contribution < -0.4 is 0 Å². The third kappa shape index (κ3) is 2.62. The number of carboxylic acid groups (broad SMARTS) is 1. The molecule has 1 N–H and O–H groups in total. The Hall–Kier alpha value is -0.790. The first kappa shape index (κ1) is 23.0. The lowest BCUT2D eigenvalue weighted by Crippen LogP contribution is -2.64. The first-order chi connectivity index (χ1) is 14.8. The van der Waals surface area contributed by atoms with Crippen molar-refractivity contribution in [2.24, 2.45) is 56.7 Å². The van der Waals surface area contributed by atoms with E-state index in [4.69, 9.17) is 0 Å². The highest BCUT2D eigenvalue weighted by Crippen LogP contribution is 2.75. The number of fused-ring (bicyclic) bond motifs is 7. The SMILES string of the molecule is C[C@@H]1CCC2(C(=O)O)CC[C@]3(C)C(=CCC4C3(C)CCC3C(C)(C)CCC[C@@]34C)C2[C@H]1C. The first-order valence-corrected chi connectivity index (χ1v) is 13.8. The average molecular weight is 441 g/mol. The Bertz CT molecular complexity index is 840. The van der Waals surface area contributed by atoms with Crippen LogP contribution in [0.2, 0.25) is 0 Å². The predicted molar refractivity (Wildman–Crippen MR) is 131 cm³/mol. The minimum atomic E-state index is -0.519. The molecule has 0 aromatic carbocycles. The summed E-state index contributed by atoms with van der Waals surface area (Å²) in [4.78, 5) is 12.8. The monoisotopic (exact) mass is 440 g/mol. The van der Waals surface area contributed by atoms with Gasteiger partial charge in [-0.3, -0.25) is 4.79 Å². The fraction of sp³-hybridized carbons (Fsp3) is 0.900. The van der Waals surface area contributed by atoms with Crippen molar-refractivity contribution in [3.05, 3.63) is 11.6 Å². The van der Waals surface area contributed by atoms with Gasteiger partial charge < -0.3 is 5.11 Å². The second-order valence-electron chi connectivity index (χ2n) is 14.5. The van der Waals surface area contributed by atoms with E-state index in [2.05, 4.69) is 54.5 Å².